The van der Waals surface area contributed by atoms with Gasteiger partial charge in [0.1, 0.15) is 0 Å². The van der Waals surface area contributed by atoms with E-state index < -0.39 is 0 Å². The van der Waals surface area contributed by atoms with Gasteiger partial charge in [0.15, 0.2) is 0 Å². The first-order valence-electron chi connectivity index (χ1n) is 17.8. The van der Waals surface area contributed by atoms with Gasteiger partial charge >= 0.3 is 0 Å². The van der Waals surface area contributed by atoms with Gasteiger partial charge in [-0.05, 0) is 32.1 Å². The van der Waals surface area contributed by atoms with Gasteiger partial charge in [-0.15, -0.1) is 0 Å². The zero-order valence-corrected chi connectivity index (χ0v) is 26.5. The number of hydrogen-bond acceptors (Lipinski definition) is 1. The van der Waals surface area contributed by atoms with E-state index in [4.69, 9.17) is 0 Å². The first-order valence-corrected chi connectivity index (χ1v) is 17.8. The molecule has 0 aromatic carbocycles. The number of hydrogen-bond donors (Lipinski definition) is 0. The van der Waals surface area contributed by atoms with E-state index in [0.717, 1.165) is 38.9 Å². The minimum atomic E-state index is 0.0903. The van der Waals surface area contributed by atoms with Crippen molar-refractivity contribution < 1.29 is 4.65 Å². The molecule has 2 heteroatoms. The van der Waals surface area contributed by atoms with Crippen molar-refractivity contribution in [1.29, 1.82) is 0 Å². The predicted molar refractivity (Wildman–Crippen MR) is 169 cm³/mol. The summed E-state index contributed by atoms with van der Waals surface area (Å²) in [5.41, 5.74) is 0. The van der Waals surface area contributed by atoms with E-state index in [9.17, 15) is 5.21 Å². The molecule has 0 radical (unpaired) electrons. The molecule has 224 valence electrons. The van der Waals surface area contributed by atoms with E-state index in [1.165, 1.54) is 167 Å². The number of unbranched alkanes of at least 4 members (excludes halogenated alkanes) is 26. The van der Waals surface area contributed by atoms with Gasteiger partial charge in [-0.1, -0.05) is 175 Å². The van der Waals surface area contributed by atoms with Crippen LogP contribution in [0.5, 0.6) is 0 Å². The van der Waals surface area contributed by atoms with Crippen LogP contribution in [0.4, 0.5) is 0 Å². The maximum absolute atomic E-state index is 13.3. The van der Waals surface area contributed by atoms with Crippen LogP contribution in [0.15, 0.2) is 0 Å². The second kappa shape index (κ2) is 30.5. The van der Waals surface area contributed by atoms with Crippen LogP contribution < -0.4 is 0 Å². The summed E-state index contributed by atoms with van der Waals surface area (Å²) in [6.07, 6.45) is 39.8. The molecular formula is C35H73NO. The quantitative estimate of drug-likeness (QED) is 0.0488. The molecule has 0 N–H and O–H groups in total. The largest absolute Gasteiger partial charge is 0.633 e. The van der Waals surface area contributed by atoms with E-state index in [1.54, 1.807) is 0 Å². The van der Waals surface area contributed by atoms with Crippen LogP contribution in [-0.4, -0.2) is 24.3 Å². The second-order valence-electron chi connectivity index (χ2n) is 12.4. The van der Waals surface area contributed by atoms with Crippen LogP contribution in [0.3, 0.4) is 0 Å². The molecule has 0 fully saturated rings. The standard InChI is InChI=1S/C35H73NO/c1-4-7-9-11-13-15-17-19-21-23-25-27-29-31-34-36(37,33-6-3)35-32-30-28-26-24-22-20-18-16-14-12-10-8-5-2/h4-35H2,1-3H3. The van der Waals surface area contributed by atoms with Crippen molar-refractivity contribution in [2.75, 3.05) is 19.6 Å². The van der Waals surface area contributed by atoms with Gasteiger partial charge in [0.2, 0.25) is 0 Å². The minimum Gasteiger partial charge on any atom is -0.633 e. The van der Waals surface area contributed by atoms with Crippen molar-refractivity contribution in [3.8, 4) is 0 Å². The number of nitrogens with zero attached hydrogens (tertiary/aromatic N) is 1. The molecule has 0 rings (SSSR count). The molecule has 37 heavy (non-hydrogen) atoms. The van der Waals surface area contributed by atoms with Crippen molar-refractivity contribution in [3.63, 3.8) is 0 Å². The molecule has 0 aliphatic rings. The Labute approximate surface area is 236 Å². The third kappa shape index (κ3) is 28.7. The summed E-state index contributed by atoms with van der Waals surface area (Å²) in [4.78, 5) is 0. The van der Waals surface area contributed by atoms with Crippen molar-refractivity contribution in [1.82, 2.24) is 0 Å². The third-order valence-corrected chi connectivity index (χ3v) is 8.47. The Balaban J connectivity index is 3.52. The Morgan fingerprint density at radius 2 is 0.486 bits per heavy atom. The summed E-state index contributed by atoms with van der Waals surface area (Å²) < 4.78 is 0.0903. The molecule has 0 spiro atoms. The summed E-state index contributed by atoms with van der Waals surface area (Å²) >= 11 is 0. The molecule has 0 bridgehead atoms. The van der Waals surface area contributed by atoms with Crippen LogP contribution in [-0.2, 0) is 0 Å². The highest BCUT2D eigenvalue weighted by molar-refractivity contribution is 4.53. The molecular weight excluding hydrogens is 450 g/mol. The summed E-state index contributed by atoms with van der Waals surface area (Å²) in [5, 5.41) is 13.3. The van der Waals surface area contributed by atoms with Crippen LogP contribution >= 0.6 is 0 Å². The van der Waals surface area contributed by atoms with Crippen molar-refractivity contribution in [3.05, 3.63) is 5.21 Å². The summed E-state index contributed by atoms with van der Waals surface area (Å²) in [6.45, 7) is 9.33. The summed E-state index contributed by atoms with van der Waals surface area (Å²) in [5.74, 6) is 0. The molecule has 0 aliphatic carbocycles. The smallest absolute Gasteiger partial charge is 0.0783 e. The monoisotopic (exact) mass is 524 g/mol. The topological polar surface area (TPSA) is 23.1 Å². The molecule has 0 atom stereocenters. The van der Waals surface area contributed by atoms with Gasteiger partial charge in [-0.25, -0.2) is 0 Å². The maximum Gasteiger partial charge on any atom is 0.0783 e. The fourth-order valence-corrected chi connectivity index (χ4v) is 5.93. The predicted octanol–water partition coefficient (Wildman–Crippen LogP) is 12.7. The minimum absolute atomic E-state index is 0.0903. The summed E-state index contributed by atoms with van der Waals surface area (Å²) in [7, 11) is 0. The highest BCUT2D eigenvalue weighted by atomic mass is 16.5. The van der Waals surface area contributed by atoms with Gasteiger partial charge in [0.25, 0.3) is 0 Å². The zero-order chi connectivity index (χ0) is 27.1. The molecule has 0 unspecified atom stereocenters. The normalized spacial score (nSPS) is 12.0. The number of rotatable bonds is 32. The van der Waals surface area contributed by atoms with Crippen molar-refractivity contribution in [2.45, 2.75) is 207 Å². The summed E-state index contributed by atoms with van der Waals surface area (Å²) in [6, 6.07) is 0. The van der Waals surface area contributed by atoms with Crippen LogP contribution in [0.2, 0.25) is 0 Å². The lowest BCUT2D eigenvalue weighted by Gasteiger charge is -2.43. The van der Waals surface area contributed by atoms with E-state index in [0.29, 0.717) is 0 Å². The van der Waals surface area contributed by atoms with Gasteiger partial charge in [0, 0.05) is 0 Å². The fraction of sp³-hybridized carbons (Fsp3) is 1.00. The first kappa shape index (κ1) is 36.9. The third-order valence-electron chi connectivity index (χ3n) is 8.47. The van der Waals surface area contributed by atoms with Crippen molar-refractivity contribution in [2.24, 2.45) is 0 Å². The van der Waals surface area contributed by atoms with Gasteiger partial charge in [0.05, 0.1) is 19.6 Å². The molecule has 0 aromatic heterocycles. The molecule has 2 nitrogen and oxygen atoms in total. The fourth-order valence-electron chi connectivity index (χ4n) is 5.93. The van der Waals surface area contributed by atoms with Gasteiger partial charge in [-0.2, -0.15) is 0 Å². The lowest BCUT2D eigenvalue weighted by atomic mass is 10.0. The highest BCUT2D eigenvalue weighted by Crippen LogP contribution is 2.17. The van der Waals surface area contributed by atoms with E-state index >= 15 is 0 Å². The Morgan fingerprint density at radius 3 is 0.703 bits per heavy atom. The Bertz CT molecular complexity index is 378. The lowest BCUT2D eigenvalue weighted by Crippen LogP contribution is -2.44. The molecule has 0 aromatic rings. The van der Waals surface area contributed by atoms with Crippen molar-refractivity contribution >= 4 is 0 Å². The average molecular weight is 524 g/mol. The van der Waals surface area contributed by atoms with Crippen LogP contribution in [0.1, 0.15) is 207 Å². The molecule has 0 amide bonds. The van der Waals surface area contributed by atoms with E-state index in [2.05, 4.69) is 20.8 Å². The molecule has 0 saturated heterocycles. The van der Waals surface area contributed by atoms with E-state index in [1.807, 2.05) is 0 Å². The Hall–Kier alpha value is -0.0800. The maximum atomic E-state index is 13.3. The molecule has 0 aliphatic heterocycles. The SMILES string of the molecule is CCCCCCCCCCCCCCCC[N+]([O-])(CCC)CCCCCCCCCCCCCCCC. The zero-order valence-electron chi connectivity index (χ0n) is 26.5. The second-order valence-corrected chi connectivity index (χ2v) is 12.4. The van der Waals surface area contributed by atoms with Crippen LogP contribution in [0.25, 0.3) is 0 Å². The number of hydroxylamine groups is 3. The molecule has 0 heterocycles. The van der Waals surface area contributed by atoms with E-state index in [-0.39, 0.29) is 4.65 Å². The molecule has 0 saturated carbocycles. The lowest BCUT2D eigenvalue weighted by molar-refractivity contribution is -0.881. The van der Waals surface area contributed by atoms with Gasteiger partial charge < -0.3 is 9.85 Å². The van der Waals surface area contributed by atoms with Gasteiger partial charge in [-0.3, -0.25) is 0 Å². The number of quaternary nitrogens is 1. The first-order chi connectivity index (χ1) is 18.2. The Morgan fingerprint density at radius 1 is 0.270 bits per heavy atom. The van der Waals surface area contributed by atoms with Crippen LogP contribution in [0, 0.1) is 5.21 Å². The Kier molecular flexibility index (Phi) is 30.4. The highest BCUT2D eigenvalue weighted by Gasteiger charge is 2.14. The average Bonchev–Trinajstić information content (AvgIpc) is 2.89.